The second kappa shape index (κ2) is 4.89. The molecule has 108 valence electrons. The van der Waals surface area contributed by atoms with Crippen LogP contribution in [0.3, 0.4) is 0 Å². The molecule has 0 atom stereocenters. The van der Waals surface area contributed by atoms with Gasteiger partial charge in [0.1, 0.15) is 5.75 Å². The van der Waals surface area contributed by atoms with Crippen molar-refractivity contribution in [3.8, 4) is 5.75 Å². The van der Waals surface area contributed by atoms with E-state index >= 15 is 0 Å². The number of aromatic carboxylic acids is 1. The molecule has 0 saturated heterocycles. The number of thiazole rings is 1. The maximum Gasteiger partial charge on any atom is 0.356 e. The monoisotopic (exact) mass is 302 g/mol. The van der Waals surface area contributed by atoms with Gasteiger partial charge in [-0.3, -0.25) is 4.40 Å². The van der Waals surface area contributed by atoms with Crippen LogP contribution >= 0.6 is 11.3 Å². The minimum absolute atomic E-state index is 0.0664. The fourth-order valence-corrected chi connectivity index (χ4v) is 3.44. The van der Waals surface area contributed by atoms with Crippen LogP contribution in [0.5, 0.6) is 5.75 Å². The predicted octanol–water partition coefficient (Wildman–Crippen LogP) is 3.01. The summed E-state index contributed by atoms with van der Waals surface area (Å²) in [4.78, 5) is 16.9. The third kappa shape index (κ3) is 2.38. The van der Waals surface area contributed by atoms with Crippen molar-refractivity contribution < 1.29 is 15.0 Å². The minimum atomic E-state index is -1.01. The van der Waals surface area contributed by atoms with Crippen LogP contribution in [-0.2, 0) is 6.42 Å². The normalized spacial score (nSPS) is 11.1. The van der Waals surface area contributed by atoms with Gasteiger partial charge in [-0.2, -0.15) is 0 Å². The summed E-state index contributed by atoms with van der Waals surface area (Å²) in [5.74, 6) is -0.749. The van der Waals surface area contributed by atoms with E-state index in [2.05, 4.69) is 4.98 Å². The van der Waals surface area contributed by atoms with Crippen molar-refractivity contribution >= 4 is 22.3 Å². The lowest BCUT2D eigenvalue weighted by Crippen LogP contribution is -1.96. The molecule has 0 saturated carbocycles. The molecule has 2 N–H and O–H groups in total. The van der Waals surface area contributed by atoms with Gasteiger partial charge in [0.05, 0.1) is 0 Å². The van der Waals surface area contributed by atoms with E-state index in [1.54, 1.807) is 18.3 Å². The number of carbonyl (C=O) groups is 1. The van der Waals surface area contributed by atoms with Crippen LogP contribution in [0.1, 0.15) is 32.2 Å². The number of phenolic OH excluding ortho intramolecular Hbond substituents is 1. The Kier molecular flexibility index (Phi) is 3.17. The van der Waals surface area contributed by atoms with Crippen molar-refractivity contribution in [1.29, 1.82) is 0 Å². The lowest BCUT2D eigenvalue weighted by Gasteiger charge is -2.05. The molecule has 0 aliphatic rings. The molecular weight excluding hydrogens is 288 g/mol. The first-order valence-corrected chi connectivity index (χ1v) is 7.26. The largest absolute Gasteiger partial charge is 0.508 e. The van der Waals surface area contributed by atoms with E-state index in [1.807, 2.05) is 24.3 Å². The Bertz CT molecular complexity index is 848. The Balaban J connectivity index is 1.99. The average molecular weight is 302 g/mol. The summed E-state index contributed by atoms with van der Waals surface area (Å²) in [5, 5.41) is 18.4. The molecule has 0 unspecified atom stereocenters. The van der Waals surface area contributed by atoms with Crippen LogP contribution in [0.2, 0.25) is 0 Å². The van der Waals surface area contributed by atoms with Crippen LogP contribution in [-0.4, -0.2) is 25.6 Å². The van der Waals surface area contributed by atoms with Gasteiger partial charge in [-0.05, 0) is 37.1 Å². The number of nitrogens with zero attached hydrogens (tertiary/aromatic N) is 2. The molecular formula is C15H14N2O3S. The molecule has 0 amide bonds. The lowest BCUT2D eigenvalue weighted by atomic mass is 10.0. The van der Waals surface area contributed by atoms with Crippen molar-refractivity contribution in [3.63, 3.8) is 0 Å². The highest BCUT2D eigenvalue weighted by molar-refractivity contribution is 7.17. The van der Waals surface area contributed by atoms with Crippen LogP contribution in [0.4, 0.5) is 0 Å². The van der Waals surface area contributed by atoms with Gasteiger partial charge in [-0.25, -0.2) is 9.78 Å². The number of aryl methyl sites for hydroxylation is 2. The van der Waals surface area contributed by atoms with Crippen molar-refractivity contribution in [3.05, 3.63) is 51.8 Å². The van der Waals surface area contributed by atoms with Crippen LogP contribution in [0, 0.1) is 13.8 Å². The number of aromatic hydroxyl groups is 1. The molecule has 2 aromatic heterocycles. The summed E-state index contributed by atoms with van der Waals surface area (Å²) in [5.41, 5.74) is 3.24. The smallest absolute Gasteiger partial charge is 0.356 e. The van der Waals surface area contributed by atoms with Gasteiger partial charge >= 0.3 is 5.97 Å². The first-order valence-electron chi connectivity index (χ1n) is 6.45. The topological polar surface area (TPSA) is 74.8 Å². The fraction of sp³-hybridized carbons (Fsp3) is 0.200. The highest BCUT2D eigenvalue weighted by atomic mass is 32.1. The van der Waals surface area contributed by atoms with Gasteiger partial charge in [0, 0.05) is 23.2 Å². The number of hydrogen-bond donors (Lipinski definition) is 2. The zero-order valence-electron chi connectivity index (χ0n) is 11.6. The summed E-state index contributed by atoms with van der Waals surface area (Å²) in [7, 11) is 0. The zero-order chi connectivity index (χ0) is 15.1. The Morgan fingerprint density at radius 2 is 2.14 bits per heavy atom. The van der Waals surface area contributed by atoms with Gasteiger partial charge in [0.15, 0.2) is 10.7 Å². The van der Waals surface area contributed by atoms with Crippen molar-refractivity contribution in [2.75, 3.05) is 0 Å². The molecule has 0 radical (unpaired) electrons. The number of carboxylic acid groups (broad SMARTS) is 1. The Morgan fingerprint density at radius 1 is 1.38 bits per heavy atom. The molecule has 2 heterocycles. The zero-order valence-corrected chi connectivity index (χ0v) is 12.4. The number of phenols is 1. The molecule has 3 rings (SSSR count). The second-order valence-electron chi connectivity index (χ2n) is 4.98. The Morgan fingerprint density at radius 3 is 2.76 bits per heavy atom. The molecule has 21 heavy (non-hydrogen) atoms. The summed E-state index contributed by atoms with van der Waals surface area (Å²) in [6.07, 6.45) is 2.30. The quantitative estimate of drug-likeness (QED) is 0.780. The van der Waals surface area contributed by atoms with Crippen LogP contribution in [0.25, 0.3) is 4.96 Å². The van der Waals surface area contributed by atoms with E-state index in [0.29, 0.717) is 4.96 Å². The number of aromatic nitrogens is 2. The first-order chi connectivity index (χ1) is 9.95. The summed E-state index contributed by atoms with van der Waals surface area (Å²) < 4.78 is 1.82. The van der Waals surface area contributed by atoms with E-state index < -0.39 is 5.97 Å². The standard InChI is InChI=1S/C15H14N2O3S/c1-8-5-11(18)4-3-10(8)6-13-9(2)17-7-12(14(19)20)16-15(17)21-13/h3-5,7,18H,6H2,1-2H3,(H,19,20). The molecule has 5 nitrogen and oxygen atoms in total. The van der Waals surface area contributed by atoms with Crippen LogP contribution in [0.15, 0.2) is 24.4 Å². The van der Waals surface area contributed by atoms with Gasteiger partial charge in [0.2, 0.25) is 0 Å². The average Bonchev–Trinajstić information content (AvgIpc) is 2.94. The molecule has 0 aliphatic carbocycles. The number of fused-ring (bicyclic) bond motifs is 1. The molecule has 1 aromatic carbocycles. The van der Waals surface area contributed by atoms with Crippen molar-refractivity contribution in [2.45, 2.75) is 20.3 Å². The molecule has 0 bridgehead atoms. The first kappa shape index (κ1) is 13.6. The lowest BCUT2D eigenvalue weighted by molar-refractivity contribution is 0.0691. The SMILES string of the molecule is Cc1cc(O)ccc1Cc1sc2nc(C(=O)O)cn2c1C. The molecule has 0 spiro atoms. The second-order valence-corrected chi connectivity index (χ2v) is 6.04. The van der Waals surface area contributed by atoms with Crippen molar-refractivity contribution in [2.24, 2.45) is 0 Å². The molecule has 0 aliphatic heterocycles. The number of hydrogen-bond acceptors (Lipinski definition) is 4. The summed E-state index contributed by atoms with van der Waals surface area (Å²) in [6, 6.07) is 5.33. The van der Waals surface area contributed by atoms with Gasteiger partial charge in [-0.15, -0.1) is 11.3 Å². The Labute approximate surface area is 125 Å². The predicted molar refractivity (Wildman–Crippen MR) is 80.4 cm³/mol. The maximum atomic E-state index is 10.9. The van der Waals surface area contributed by atoms with E-state index in [1.165, 1.54) is 11.3 Å². The molecule has 0 fully saturated rings. The highest BCUT2D eigenvalue weighted by Crippen LogP contribution is 2.27. The van der Waals surface area contributed by atoms with E-state index in [9.17, 15) is 9.90 Å². The van der Waals surface area contributed by atoms with Crippen LogP contribution < -0.4 is 0 Å². The summed E-state index contributed by atoms with van der Waals surface area (Å²) >= 11 is 1.50. The fourth-order valence-electron chi connectivity index (χ4n) is 2.31. The maximum absolute atomic E-state index is 10.9. The van der Waals surface area contributed by atoms with E-state index in [-0.39, 0.29) is 11.4 Å². The third-order valence-electron chi connectivity index (χ3n) is 3.55. The van der Waals surface area contributed by atoms with E-state index in [4.69, 9.17) is 5.11 Å². The molecule has 3 aromatic rings. The third-order valence-corrected chi connectivity index (χ3v) is 4.71. The van der Waals surface area contributed by atoms with E-state index in [0.717, 1.165) is 28.1 Å². The van der Waals surface area contributed by atoms with Gasteiger partial charge in [-0.1, -0.05) is 6.07 Å². The minimum Gasteiger partial charge on any atom is -0.508 e. The summed E-state index contributed by atoms with van der Waals surface area (Å²) in [6.45, 7) is 3.92. The number of carboxylic acids is 1. The number of benzene rings is 1. The van der Waals surface area contributed by atoms with Gasteiger partial charge < -0.3 is 10.2 Å². The van der Waals surface area contributed by atoms with Crippen molar-refractivity contribution in [1.82, 2.24) is 9.38 Å². The highest BCUT2D eigenvalue weighted by Gasteiger charge is 2.15. The number of imidazole rings is 1. The Hall–Kier alpha value is -2.34. The van der Waals surface area contributed by atoms with Gasteiger partial charge in [0.25, 0.3) is 0 Å². The number of rotatable bonds is 3. The molecule has 6 heteroatoms.